The van der Waals surface area contributed by atoms with Crippen molar-refractivity contribution in [2.45, 2.75) is 51.6 Å². The van der Waals surface area contributed by atoms with E-state index in [4.69, 9.17) is 0 Å². The summed E-state index contributed by atoms with van der Waals surface area (Å²) in [7, 11) is 2.15. The Balaban J connectivity index is 1.57. The monoisotopic (exact) mass is 298 g/mol. The summed E-state index contributed by atoms with van der Waals surface area (Å²) in [5.74, 6) is 2.00. The maximum Gasteiger partial charge on any atom is 0.106 e. The Kier molecular flexibility index (Phi) is 4.88. The van der Waals surface area contributed by atoms with Crippen LogP contribution in [0.4, 0.5) is 0 Å². The lowest BCUT2D eigenvalue weighted by Gasteiger charge is -2.24. The van der Waals surface area contributed by atoms with E-state index in [1.54, 1.807) is 0 Å². The Hall–Kier alpha value is -1.68. The highest BCUT2D eigenvalue weighted by Gasteiger charge is 2.17. The molecular formula is C18H26N4. The lowest BCUT2D eigenvalue weighted by Crippen LogP contribution is -2.22. The van der Waals surface area contributed by atoms with E-state index >= 15 is 0 Å². The molecule has 0 radical (unpaired) electrons. The zero-order chi connectivity index (χ0) is 15.4. The van der Waals surface area contributed by atoms with Crippen molar-refractivity contribution < 1.29 is 0 Å². The van der Waals surface area contributed by atoms with Crippen molar-refractivity contribution in [1.82, 2.24) is 19.9 Å². The van der Waals surface area contributed by atoms with Gasteiger partial charge in [-0.3, -0.25) is 9.88 Å². The second-order valence-electron chi connectivity index (χ2n) is 6.59. The Labute approximate surface area is 133 Å². The van der Waals surface area contributed by atoms with Gasteiger partial charge < -0.3 is 4.98 Å². The van der Waals surface area contributed by atoms with Crippen molar-refractivity contribution >= 4 is 0 Å². The van der Waals surface area contributed by atoms with E-state index in [9.17, 15) is 0 Å². The maximum absolute atomic E-state index is 4.57. The zero-order valence-corrected chi connectivity index (χ0v) is 13.6. The van der Waals surface area contributed by atoms with Crippen molar-refractivity contribution in [3.63, 3.8) is 0 Å². The molecule has 2 aromatic heterocycles. The summed E-state index contributed by atoms with van der Waals surface area (Å²) in [5, 5.41) is 0. The summed E-state index contributed by atoms with van der Waals surface area (Å²) in [4.78, 5) is 14.6. The van der Waals surface area contributed by atoms with Gasteiger partial charge in [0.1, 0.15) is 5.82 Å². The number of hydrogen-bond donors (Lipinski definition) is 1. The van der Waals surface area contributed by atoms with Gasteiger partial charge in [-0.25, -0.2) is 4.98 Å². The number of nitrogens with zero attached hydrogens (tertiary/aromatic N) is 3. The van der Waals surface area contributed by atoms with Crippen molar-refractivity contribution in [3.8, 4) is 0 Å². The molecule has 1 N–H and O–H groups in total. The molecule has 0 bridgehead atoms. The third kappa shape index (κ3) is 3.74. The molecule has 1 fully saturated rings. The molecule has 0 saturated heterocycles. The number of pyridine rings is 1. The molecule has 2 aromatic rings. The third-order valence-electron chi connectivity index (χ3n) is 4.89. The molecular weight excluding hydrogens is 272 g/mol. The Morgan fingerprint density at radius 2 is 2.14 bits per heavy atom. The van der Waals surface area contributed by atoms with Gasteiger partial charge in [0.2, 0.25) is 0 Å². The van der Waals surface area contributed by atoms with Crippen molar-refractivity contribution in [3.05, 3.63) is 47.8 Å². The zero-order valence-electron chi connectivity index (χ0n) is 13.6. The van der Waals surface area contributed by atoms with Gasteiger partial charge in [-0.2, -0.15) is 0 Å². The number of H-pyrrole nitrogens is 1. The first-order chi connectivity index (χ1) is 10.7. The highest BCUT2D eigenvalue weighted by molar-refractivity contribution is 5.13. The van der Waals surface area contributed by atoms with Crippen LogP contribution in [0.3, 0.4) is 0 Å². The standard InChI is InChI=1S/C18H26N4/c1-14(16-8-5-9-19-11-16)22(2)13-17-12-20-18(21-17)10-15-6-3-4-7-15/h5,8-9,11-12,14-15H,3-4,6-7,10,13H2,1-2H3,(H,20,21). The molecule has 4 heteroatoms. The van der Waals surface area contributed by atoms with Crippen molar-refractivity contribution in [1.29, 1.82) is 0 Å². The van der Waals surface area contributed by atoms with Crippen LogP contribution in [-0.4, -0.2) is 26.9 Å². The number of imidazole rings is 1. The fourth-order valence-electron chi connectivity index (χ4n) is 3.36. The van der Waals surface area contributed by atoms with Crippen LogP contribution in [0.2, 0.25) is 0 Å². The molecule has 22 heavy (non-hydrogen) atoms. The topological polar surface area (TPSA) is 44.8 Å². The van der Waals surface area contributed by atoms with Crippen LogP contribution in [0.25, 0.3) is 0 Å². The van der Waals surface area contributed by atoms with Crippen LogP contribution in [0.15, 0.2) is 30.7 Å². The maximum atomic E-state index is 4.57. The highest BCUT2D eigenvalue weighted by atomic mass is 15.1. The molecule has 1 unspecified atom stereocenters. The number of aromatic amines is 1. The predicted octanol–water partition coefficient (Wildman–Crippen LogP) is 3.73. The average Bonchev–Trinajstić information content (AvgIpc) is 3.20. The Morgan fingerprint density at radius 3 is 2.86 bits per heavy atom. The van der Waals surface area contributed by atoms with Gasteiger partial charge >= 0.3 is 0 Å². The molecule has 1 aliphatic rings. The first-order valence-corrected chi connectivity index (χ1v) is 8.35. The van der Waals surface area contributed by atoms with E-state index in [0.717, 1.165) is 24.7 Å². The number of aromatic nitrogens is 3. The first-order valence-electron chi connectivity index (χ1n) is 8.35. The van der Waals surface area contributed by atoms with Crippen LogP contribution in [0.5, 0.6) is 0 Å². The van der Waals surface area contributed by atoms with E-state index in [2.05, 4.69) is 39.9 Å². The Morgan fingerprint density at radius 1 is 1.32 bits per heavy atom. The minimum absolute atomic E-state index is 0.343. The fourth-order valence-corrected chi connectivity index (χ4v) is 3.36. The third-order valence-corrected chi connectivity index (χ3v) is 4.89. The predicted molar refractivity (Wildman–Crippen MR) is 88.4 cm³/mol. The minimum Gasteiger partial charge on any atom is -0.345 e. The van der Waals surface area contributed by atoms with Crippen molar-refractivity contribution in [2.24, 2.45) is 5.92 Å². The molecule has 1 atom stereocenters. The smallest absolute Gasteiger partial charge is 0.106 e. The molecule has 118 valence electrons. The van der Waals surface area contributed by atoms with Crippen molar-refractivity contribution in [2.75, 3.05) is 7.05 Å². The Bertz CT molecular complexity index is 572. The summed E-state index contributed by atoms with van der Waals surface area (Å²) in [6.45, 7) is 3.10. The van der Waals surface area contributed by atoms with E-state index in [-0.39, 0.29) is 0 Å². The van der Waals surface area contributed by atoms with Gasteiger partial charge in [0.05, 0.1) is 0 Å². The SMILES string of the molecule is CC(c1cccnc1)N(C)Cc1cnc(CC2CCCC2)[nH]1. The second-order valence-corrected chi connectivity index (χ2v) is 6.59. The molecule has 1 saturated carbocycles. The van der Waals surface area contributed by atoms with Crippen LogP contribution >= 0.6 is 0 Å². The van der Waals surface area contributed by atoms with E-state index in [1.807, 2.05) is 24.7 Å². The summed E-state index contributed by atoms with van der Waals surface area (Å²) in [6, 6.07) is 4.47. The van der Waals surface area contributed by atoms with Crippen LogP contribution in [0.1, 0.15) is 55.7 Å². The number of hydrogen-bond acceptors (Lipinski definition) is 3. The van der Waals surface area contributed by atoms with Gasteiger partial charge in [0, 0.05) is 43.3 Å². The summed E-state index contributed by atoms with van der Waals surface area (Å²) in [5.41, 5.74) is 2.45. The van der Waals surface area contributed by atoms with Gasteiger partial charge in [-0.15, -0.1) is 0 Å². The molecule has 4 nitrogen and oxygen atoms in total. The summed E-state index contributed by atoms with van der Waals surface area (Å²) >= 11 is 0. The molecule has 0 aliphatic heterocycles. The minimum atomic E-state index is 0.343. The van der Waals surface area contributed by atoms with E-state index in [1.165, 1.54) is 36.9 Å². The summed E-state index contributed by atoms with van der Waals surface area (Å²) < 4.78 is 0. The molecule has 2 heterocycles. The average molecular weight is 298 g/mol. The number of rotatable bonds is 6. The van der Waals surface area contributed by atoms with Gasteiger partial charge in [-0.05, 0) is 31.5 Å². The highest BCUT2D eigenvalue weighted by Crippen LogP contribution is 2.27. The molecule has 0 aromatic carbocycles. The van der Waals surface area contributed by atoms with Gasteiger partial charge in [0.15, 0.2) is 0 Å². The number of nitrogens with one attached hydrogen (secondary N) is 1. The molecule has 0 amide bonds. The quantitative estimate of drug-likeness (QED) is 0.883. The fraction of sp³-hybridized carbons (Fsp3) is 0.556. The van der Waals surface area contributed by atoms with Crippen LogP contribution < -0.4 is 0 Å². The second kappa shape index (κ2) is 7.05. The van der Waals surface area contributed by atoms with Gasteiger partial charge in [-0.1, -0.05) is 31.7 Å². The summed E-state index contributed by atoms with van der Waals surface area (Å²) in [6.07, 6.45) is 12.4. The molecule has 0 spiro atoms. The molecule has 3 rings (SSSR count). The van der Waals surface area contributed by atoms with E-state index in [0.29, 0.717) is 6.04 Å². The normalized spacial score (nSPS) is 17.2. The van der Waals surface area contributed by atoms with E-state index < -0.39 is 0 Å². The lowest BCUT2D eigenvalue weighted by molar-refractivity contribution is 0.250. The van der Waals surface area contributed by atoms with Crippen LogP contribution in [0, 0.1) is 5.92 Å². The lowest BCUT2D eigenvalue weighted by atomic mass is 10.0. The van der Waals surface area contributed by atoms with Crippen LogP contribution in [-0.2, 0) is 13.0 Å². The molecule has 1 aliphatic carbocycles. The first kappa shape index (κ1) is 15.2. The van der Waals surface area contributed by atoms with Gasteiger partial charge in [0.25, 0.3) is 0 Å². The largest absolute Gasteiger partial charge is 0.345 e.